The molecule has 0 saturated carbocycles. The van der Waals surface area contributed by atoms with E-state index in [9.17, 15) is 26.7 Å². The van der Waals surface area contributed by atoms with Gasteiger partial charge in [0.2, 0.25) is 0 Å². The summed E-state index contributed by atoms with van der Waals surface area (Å²) in [6.45, 7) is -0.958. The number of nitrogens with zero attached hydrogens (tertiary/aromatic N) is 1. The standard InChI is InChI=1S/C23H22F5NO6/c1-31-19-10-14(2-5-18(19)32-8-9-34-23(26,27)28)21(30)29-7-6-22(20(12-29)33-13-35-22)16-11-15(24)3-4-17(16)25/h2-5,10-11,20H,6-9,12-13H2,1H3. The van der Waals surface area contributed by atoms with Gasteiger partial charge in [0.15, 0.2) is 11.5 Å². The number of benzene rings is 2. The second-order valence-electron chi connectivity index (χ2n) is 7.94. The summed E-state index contributed by atoms with van der Waals surface area (Å²) in [7, 11) is 1.33. The van der Waals surface area contributed by atoms with Gasteiger partial charge in [-0.15, -0.1) is 13.2 Å². The van der Waals surface area contributed by atoms with E-state index in [0.29, 0.717) is 0 Å². The molecule has 0 bridgehead atoms. The molecular weight excluding hydrogens is 481 g/mol. The van der Waals surface area contributed by atoms with Crippen LogP contribution in [0.3, 0.4) is 0 Å². The average Bonchev–Trinajstić information content (AvgIpc) is 3.26. The molecule has 2 unspecified atom stereocenters. The van der Waals surface area contributed by atoms with Crippen LogP contribution in [0.2, 0.25) is 0 Å². The van der Waals surface area contributed by atoms with E-state index in [1.165, 1.54) is 30.2 Å². The fourth-order valence-corrected chi connectivity index (χ4v) is 4.28. The number of hydrogen-bond donors (Lipinski definition) is 0. The van der Waals surface area contributed by atoms with E-state index in [-0.39, 0.29) is 61.4 Å². The number of carbonyl (C=O) groups is 1. The number of alkyl halides is 3. The Hall–Kier alpha value is -2.96. The number of ether oxygens (including phenoxy) is 5. The Morgan fingerprint density at radius 3 is 2.69 bits per heavy atom. The van der Waals surface area contributed by atoms with Crippen LogP contribution >= 0.6 is 0 Å². The molecule has 190 valence electrons. The largest absolute Gasteiger partial charge is 0.522 e. The molecule has 2 heterocycles. The van der Waals surface area contributed by atoms with Gasteiger partial charge in [-0.25, -0.2) is 8.78 Å². The number of hydrogen-bond acceptors (Lipinski definition) is 6. The lowest BCUT2D eigenvalue weighted by molar-refractivity contribution is -0.325. The predicted octanol–water partition coefficient (Wildman–Crippen LogP) is 4.00. The maximum atomic E-state index is 14.5. The first-order valence-corrected chi connectivity index (χ1v) is 10.6. The van der Waals surface area contributed by atoms with E-state index in [4.69, 9.17) is 18.9 Å². The smallest absolute Gasteiger partial charge is 0.493 e. The molecule has 2 atom stereocenters. The van der Waals surface area contributed by atoms with Crippen LogP contribution in [0.25, 0.3) is 0 Å². The van der Waals surface area contributed by atoms with Crippen molar-refractivity contribution in [3.8, 4) is 11.5 Å². The third-order valence-corrected chi connectivity index (χ3v) is 5.93. The maximum absolute atomic E-state index is 14.5. The van der Waals surface area contributed by atoms with Crippen LogP contribution in [0.15, 0.2) is 36.4 Å². The van der Waals surface area contributed by atoms with E-state index < -0.39 is 36.3 Å². The predicted molar refractivity (Wildman–Crippen MR) is 110 cm³/mol. The third kappa shape index (κ3) is 5.34. The SMILES string of the molecule is COc1cc(C(=O)N2CCC3(c4cc(F)ccc4F)OCOC3C2)ccc1OCCOC(F)(F)F. The lowest BCUT2D eigenvalue weighted by atomic mass is 9.81. The average molecular weight is 503 g/mol. The van der Waals surface area contributed by atoms with Gasteiger partial charge in [-0.1, -0.05) is 0 Å². The van der Waals surface area contributed by atoms with Crippen molar-refractivity contribution in [3.63, 3.8) is 0 Å². The normalized spacial score (nSPS) is 22.1. The fraction of sp³-hybridized carbons (Fsp3) is 0.435. The minimum absolute atomic E-state index is 0.0461. The van der Waals surface area contributed by atoms with E-state index in [0.717, 1.165) is 18.2 Å². The Labute approximate surface area is 197 Å². The zero-order valence-electron chi connectivity index (χ0n) is 18.6. The third-order valence-electron chi connectivity index (χ3n) is 5.93. The Morgan fingerprint density at radius 2 is 1.94 bits per heavy atom. The van der Waals surface area contributed by atoms with Crippen molar-refractivity contribution in [3.05, 3.63) is 59.2 Å². The number of methoxy groups -OCH3 is 1. The molecule has 2 aromatic carbocycles. The summed E-state index contributed by atoms with van der Waals surface area (Å²) in [5.41, 5.74) is -0.925. The molecular formula is C23H22F5NO6. The van der Waals surface area contributed by atoms with Crippen LogP contribution in [0.1, 0.15) is 22.3 Å². The molecule has 0 aliphatic carbocycles. The number of piperidine rings is 1. The van der Waals surface area contributed by atoms with Gasteiger partial charge in [0.25, 0.3) is 5.91 Å². The molecule has 35 heavy (non-hydrogen) atoms. The fourth-order valence-electron chi connectivity index (χ4n) is 4.28. The molecule has 2 aliphatic rings. The summed E-state index contributed by atoms with van der Waals surface area (Å²) in [5.74, 6) is -1.32. The number of carbonyl (C=O) groups excluding carboxylic acids is 1. The topological polar surface area (TPSA) is 66.5 Å². The summed E-state index contributed by atoms with van der Waals surface area (Å²) in [5, 5.41) is 0. The van der Waals surface area contributed by atoms with Crippen LogP contribution in [0, 0.1) is 11.6 Å². The number of amides is 1. The molecule has 0 radical (unpaired) electrons. The maximum Gasteiger partial charge on any atom is 0.522 e. The molecule has 2 saturated heterocycles. The van der Waals surface area contributed by atoms with Crippen molar-refractivity contribution in [2.45, 2.75) is 24.5 Å². The van der Waals surface area contributed by atoms with E-state index >= 15 is 0 Å². The van der Waals surface area contributed by atoms with Crippen molar-refractivity contribution < 1.29 is 50.4 Å². The van der Waals surface area contributed by atoms with E-state index in [1.54, 1.807) is 0 Å². The summed E-state index contributed by atoms with van der Waals surface area (Å²) in [6.07, 6.45) is -5.29. The number of halogens is 5. The first-order chi connectivity index (χ1) is 16.6. The van der Waals surface area contributed by atoms with Crippen LogP contribution in [-0.2, 0) is 19.8 Å². The van der Waals surface area contributed by atoms with Gasteiger partial charge in [-0.05, 0) is 36.4 Å². The Balaban J connectivity index is 1.45. The van der Waals surface area contributed by atoms with E-state index in [1.807, 2.05) is 0 Å². The van der Waals surface area contributed by atoms with Gasteiger partial charge in [0.05, 0.1) is 20.3 Å². The minimum atomic E-state index is -4.76. The lowest BCUT2D eigenvalue weighted by Crippen LogP contribution is -2.53. The van der Waals surface area contributed by atoms with Crippen LogP contribution in [0.5, 0.6) is 11.5 Å². The van der Waals surface area contributed by atoms with Gasteiger partial charge in [-0.2, -0.15) is 0 Å². The minimum Gasteiger partial charge on any atom is -0.493 e. The highest BCUT2D eigenvalue weighted by molar-refractivity contribution is 5.95. The van der Waals surface area contributed by atoms with Crippen molar-refractivity contribution in [1.82, 2.24) is 4.90 Å². The summed E-state index contributed by atoms with van der Waals surface area (Å²) < 4.78 is 90.1. The number of fused-ring (bicyclic) bond motifs is 1. The van der Waals surface area contributed by atoms with Crippen LogP contribution in [-0.4, -0.2) is 63.5 Å². The molecule has 0 spiro atoms. The van der Waals surface area contributed by atoms with Crippen LogP contribution < -0.4 is 9.47 Å². The Bertz CT molecular complexity index is 1080. The lowest BCUT2D eigenvalue weighted by Gasteiger charge is -2.42. The van der Waals surface area contributed by atoms with Crippen molar-refractivity contribution in [1.29, 1.82) is 0 Å². The first kappa shape index (κ1) is 25.1. The van der Waals surface area contributed by atoms with Gasteiger partial charge >= 0.3 is 6.36 Å². The van der Waals surface area contributed by atoms with Crippen molar-refractivity contribution >= 4 is 5.91 Å². The molecule has 2 aromatic rings. The highest BCUT2D eigenvalue weighted by Gasteiger charge is 2.52. The highest BCUT2D eigenvalue weighted by atomic mass is 19.4. The van der Waals surface area contributed by atoms with E-state index in [2.05, 4.69) is 4.74 Å². The second kappa shape index (κ2) is 9.96. The molecule has 2 aliphatic heterocycles. The molecule has 2 fully saturated rings. The quantitative estimate of drug-likeness (QED) is 0.421. The van der Waals surface area contributed by atoms with Gasteiger partial charge < -0.3 is 23.8 Å². The van der Waals surface area contributed by atoms with Crippen molar-refractivity contribution in [2.75, 3.05) is 40.2 Å². The molecule has 0 N–H and O–H groups in total. The van der Waals surface area contributed by atoms with Gasteiger partial charge in [0.1, 0.15) is 36.7 Å². The molecule has 4 rings (SSSR count). The van der Waals surface area contributed by atoms with Crippen molar-refractivity contribution in [2.24, 2.45) is 0 Å². The van der Waals surface area contributed by atoms with Gasteiger partial charge in [-0.3, -0.25) is 9.53 Å². The summed E-state index contributed by atoms with van der Waals surface area (Å²) >= 11 is 0. The zero-order chi connectivity index (χ0) is 25.2. The van der Waals surface area contributed by atoms with Gasteiger partial charge in [0, 0.05) is 24.1 Å². The van der Waals surface area contributed by atoms with Crippen LogP contribution in [0.4, 0.5) is 22.0 Å². The second-order valence-corrected chi connectivity index (χ2v) is 7.94. The monoisotopic (exact) mass is 503 g/mol. The summed E-state index contributed by atoms with van der Waals surface area (Å²) in [6, 6.07) is 7.39. The number of likely N-dealkylation sites (tertiary alicyclic amines) is 1. The molecule has 7 nitrogen and oxygen atoms in total. The summed E-state index contributed by atoms with van der Waals surface area (Å²) in [4.78, 5) is 14.7. The first-order valence-electron chi connectivity index (χ1n) is 10.6. The molecule has 1 amide bonds. The molecule has 0 aromatic heterocycles. The Kier molecular flexibility index (Phi) is 7.15. The highest BCUT2D eigenvalue weighted by Crippen LogP contribution is 2.44. The number of rotatable bonds is 7. The Morgan fingerprint density at radius 1 is 1.14 bits per heavy atom. The zero-order valence-corrected chi connectivity index (χ0v) is 18.6. The molecule has 12 heteroatoms.